The van der Waals surface area contributed by atoms with Gasteiger partial charge in [0.2, 0.25) is 0 Å². The summed E-state index contributed by atoms with van der Waals surface area (Å²) in [5.74, 6) is 0.193. The Morgan fingerprint density at radius 2 is 2.00 bits per heavy atom. The first-order valence-electron chi connectivity index (χ1n) is 6.18. The zero-order valence-corrected chi connectivity index (χ0v) is 11.2. The van der Waals surface area contributed by atoms with E-state index >= 15 is 0 Å². The first-order chi connectivity index (χ1) is 8.15. The fourth-order valence-electron chi connectivity index (χ4n) is 1.62. The molecular formula is C14H19NOS. The van der Waals surface area contributed by atoms with E-state index in [1.807, 2.05) is 36.0 Å². The van der Waals surface area contributed by atoms with Gasteiger partial charge in [0, 0.05) is 21.8 Å². The summed E-state index contributed by atoms with van der Waals surface area (Å²) in [6, 6.07) is 8.53. The van der Waals surface area contributed by atoms with Gasteiger partial charge >= 0.3 is 0 Å². The third kappa shape index (κ3) is 4.17. The summed E-state index contributed by atoms with van der Waals surface area (Å²) >= 11 is 1.82. The Hall–Kier alpha value is -0.800. The highest BCUT2D eigenvalue weighted by molar-refractivity contribution is 7.99. The summed E-state index contributed by atoms with van der Waals surface area (Å²) in [4.78, 5) is 13.1. The van der Waals surface area contributed by atoms with Crippen molar-refractivity contribution in [3.8, 4) is 0 Å². The topological polar surface area (TPSA) is 29.1 Å². The number of Topliss-reactive ketones (excluding diaryl/α,β-unsaturated/α-hetero) is 1. The maximum atomic E-state index is 11.8. The summed E-state index contributed by atoms with van der Waals surface area (Å²) in [5.41, 5.74) is 0.811. The minimum atomic E-state index is 0.193. The number of thioether (sulfide) groups is 1. The molecule has 1 aromatic rings. The molecule has 0 amide bonds. The van der Waals surface area contributed by atoms with Crippen molar-refractivity contribution in [2.75, 3.05) is 6.54 Å². The minimum absolute atomic E-state index is 0.193. The summed E-state index contributed by atoms with van der Waals surface area (Å²) in [5, 5.41) is 3.82. The molecule has 3 heteroatoms. The Morgan fingerprint density at radius 3 is 2.53 bits per heavy atom. The highest BCUT2D eigenvalue weighted by Crippen LogP contribution is 2.23. The zero-order chi connectivity index (χ0) is 12.3. The second-order valence-electron chi connectivity index (χ2n) is 4.77. The quantitative estimate of drug-likeness (QED) is 0.620. The van der Waals surface area contributed by atoms with Crippen LogP contribution in [-0.2, 0) is 0 Å². The molecule has 1 aliphatic rings. The number of hydrogen-bond donors (Lipinski definition) is 1. The van der Waals surface area contributed by atoms with E-state index in [0.717, 1.165) is 5.56 Å². The van der Waals surface area contributed by atoms with Crippen LogP contribution in [0.25, 0.3) is 0 Å². The molecule has 0 aliphatic heterocycles. The molecule has 0 bridgehead atoms. The molecule has 2 nitrogen and oxygen atoms in total. The lowest BCUT2D eigenvalue weighted by Gasteiger charge is -2.06. The van der Waals surface area contributed by atoms with E-state index in [1.54, 1.807) is 0 Å². The Labute approximate surface area is 107 Å². The summed E-state index contributed by atoms with van der Waals surface area (Å²) in [6.07, 6.45) is 2.44. The van der Waals surface area contributed by atoms with Gasteiger partial charge in [0.15, 0.2) is 5.78 Å². The fourth-order valence-corrected chi connectivity index (χ4v) is 2.46. The average molecular weight is 249 g/mol. The van der Waals surface area contributed by atoms with Crippen LogP contribution >= 0.6 is 11.8 Å². The van der Waals surface area contributed by atoms with Crippen LogP contribution < -0.4 is 5.32 Å². The molecule has 2 rings (SSSR count). The Kier molecular flexibility index (Phi) is 4.24. The molecule has 0 radical (unpaired) electrons. The molecule has 0 atom stereocenters. The molecule has 0 unspecified atom stereocenters. The minimum Gasteiger partial charge on any atom is -0.307 e. The van der Waals surface area contributed by atoms with Crippen LogP contribution in [0, 0.1) is 0 Å². The monoisotopic (exact) mass is 249 g/mol. The van der Waals surface area contributed by atoms with Gasteiger partial charge in [0.05, 0.1) is 6.54 Å². The maximum Gasteiger partial charge on any atom is 0.176 e. The third-order valence-electron chi connectivity index (χ3n) is 2.68. The lowest BCUT2D eigenvalue weighted by atomic mass is 10.1. The zero-order valence-electron chi connectivity index (χ0n) is 10.4. The van der Waals surface area contributed by atoms with Gasteiger partial charge in [-0.1, -0.05) is 26.0 Å². The van der Waals surface area contributed by atoms with Crippen LogP contribution in [0.5, 0.6) is 0 Å². The van der Waals surface area contributed by atoms with Crippen LogP contribution in [-0.4, -0.2) is 23.6 Å². The number of hydrogen-bond acceptors (Lipinski definition) is 3. The molecule has 1 aromatic carbocycles. The van der Waals surface area contributed by atoms with Crippen molar-refractivity contribution < 1.29 is 4.79 Å². The van der Waals surface area contributed by atoms with E-state index in [-0.39, 0.29) is 5.78 Å². The van der Waals surface area contributed by atoms with Crippen molar-refractivity contribution in [3.05, 3.63) is 29.8 Å². The second kappa shape index (κ2) is 5.69. The van der Waals surface area contributed by atoms with Gasteiger partial charge < -0.3 is 5.32 Å². The smallest absolute Gasteiger partial charge is 0.176 e. The molecule has 1 saturated carbocycles. The third-order valence-corrected chi connectivity index (χ3v) is 3.69. The van der Waals surface area contributed by atoms with Crippen LogP contribution in [0.4, 0.5) is 0 Å². The lowest BCUT2D eigenvalue weighted by molar-refractivity contribution is 0.0990. The first-order valence-corrected chi connectivity index (χ1v) is 7.06. The Balaban J connectivity index is 1.89. The molecule has 1 N–H and O–H groups in total. The van der Waals surface area contributed by atoms with Gasteiger partial charge in [0.1, 0.15) is 0 Å². The number of nitrogens with one attached hydrogen (secondary N) is 1. The van der Waals surface area contributed by atoms with Crippen LogP contribution in [0.1, 0.15) is 37.0 Å². The Bertz CT molecular complexity index is 382. The standard InChI is InChI=1S/C14H19NOS/c1-10(2)17-13-7-3-11(4-8-13)14(16)9-15-12-5-6-12/h3-4,7-8,10,12,15H,5-6,9H2,1-2H3. The van der Waals surface area contributed by atoms with E-state index < -0.39 is 0 Å². The van der Waals surface area contributed by atoms with Gasteiger partial charge in [-0.05, 0) is 25.0 Å². The van der Waals surface area contributed by atoms with Crippen LogP contribution in [0.15, 0.2) is 29.2 Å². The lowest BCUT2D eigenvalue weighted by Crippen LogP contribution is -2.24. The van der Waals surface area contributed by atoms with Gasteiger partial charge in [-0.25, -0.2) is 0 Å². The molecular weight excluding hydrogens is 230 g/mol. The largest absolute Gasteiger partial charge is 0.307 e. The van der Waals surface area contributed by atoms with Crippen LogP contribution in [0.2, 0.25) is 0 Å². The van der Waals surface area contributed by atoms with Gasteiger partial charge in [-0.3, -0.25) is 4.79 Å². The highest BCUT2D eigenvalue weighted by Gasteiger charge is 2.21. The number of carbonyl (C=O) groups is 1. The SMILES string of the molecule is CC(C)Sc1ccc(C(=O)CNC2CC2)cc1. The predicted octanol–water partition coefficient (Wildman–Crippen LogP) is 3.12. The summed E-state index contributed by atoms with van der Waals surface area (Å²) in [7, 11) is 0. The Morgan fingerprint density at radius 1 is 1.35 bits per heavy atom. The number of rotatable bonds is 6. The molecule has 0 saturated heterocycles. The molecule has 1 fully saturated rings. The molecule has 17 heavy (non-hydrogen) atoms. The van der Waals surface area contributed by atoms with Crippen molar-refractivity contribution in [2.45, 2.75) is 42.9 Å². The van der Waals surface area contributed by atoms with Gasteiger partial charge in [-0.15, -0.1) is 11.8 Å². The number of carbonyl (C=O) groups excluding carboxylic acids is 1. The first kappa shape index (κ1) is 12.7. The second-order valence-corrected chi connectivity index (χ2v) is 6.42. The summed E-state index contributed by atoms with van der Waals surface area (Å²) < 4.78 is 0. The number of ketones is 1. The van der Waals surface area contributed by atoms with Gasteiger partial charge in [-0.2, -0.15) is 0 Å². The van der Waals surface area contributed by atoms with Crippen molar-refractivity contribution in [1.82, 2.24) is 5.32 Å². The van der Waals surface area contributed by atoms with Crippen molar-refractivity contribution in [1.29, 1.82) is 0 Å². The molecule has 92 valence electrons. The molecule has 1 aliphatic carbocycles. The molecule has 0 aromatic heterocycles. The van der Waals surface area contributed by atoms with Gasteiger partial charge in [0.25, 0.3) is 0 Å². The summed E-state index contributed by atoms with van der Waals surface area (Å²) in [6.45, 7) is 4.81. The van der Waals surface area contributed by atoms with E-state index in [2.05, 4.69) is 19.2 Å². The van der Waals surface area contributed by atoms with E-state index in [9.17, 15) is 4.79 Å². The molecule has 0 heterocycles. The van der Waals surface area contributed by atoms with E-state index in [1.165, 1.54) is 17.7 Å². The van der Waals surface area contributed by atoms with Crippen molar-refractivity contribution in [3.63, 3.8) is 0 Å². The van der Waals surface area contributed by atoms with E-state index in [0.29, 0.717) is 17.8 Å². The van der Waals surface area contributed by atoms with Crippen molar-refractivity contribution in [2.24, 2.45) is 0 Å². The average Bonchev–Trinajstić information content (AvgIpc) is 3.10. The highest BCUT2D eigenvalue weighted by atomic mass is 32.2. The van der Waals surface area contributed by atoms with Crippen LogP contribution in [0.3, 0.4) is 0 Å². The molecule has 0 spiro atoms. The van der Waals surface area contributed by atoms with Crippen molar-refractivity contribution >= 4 is 17.5 Å². The maximum absolute atomic E-state index is 11.8. The normalized spacial score (nSPS) is 15.2. The number of benzene rings is 1. The fraction of sp³-hybridized carbons (Fsp3) is 0.500. The predicted molar refractivity (Wildman–Crippen MR) is 72.8 cm³/mol. The van der Waals surface area contributed by atoms with E-state index in [4.69, 9.17) is 0 Å².